The summed E-state index contributed by atoms with van der Waals surface area (Å²) in [6.07, 6.45) is -0.424. The molecule has 1 aromatic heterocycles. The van der Waals surface area contributed by atoms with E-state index in [-0.39, 0.29) is 28.5 Å². The van der Waals surface area contributed by atoms with Crippen LogP contribution in [-0.4, -0.2) is 63.5 Å². The number of halogens is 2. The van der Waals surface area contributed by atoms with Crippen molar-refractivity contribution in [3.63, 3.8) is 0 Å². The second kappa shape index (κ2) is 8.84. The molecule has 1 saturated heterocycles. The van der Waals surface area contributed by atoms with Crippen LogP contribution in [0.3, 0.4) is 0 Å². The summed E-state index contributed by atoms with van der Waals surface area (Å²) >= 11 is 11.7. The number of thiol groups is 1. The number of phenols is 2. The van der Waals surface area contributed by atoms with Gasteiger partial charge in [-0.15, -0.1) is 0 Å². The first kappa shape index (κ1) is 24.8. The molecular weight excluding hydrogens is 503 g/mol. The van der Waals surface area contributed by atoms with Crippen LogP contribution in [0.25, 0.3) is 0 Å². The largest absolute Gasteiger partial charge is 0.503 e. The van der Waals surface area contributed by atoms with Crippen molar-refractivity contribution in [1.29, 1.82) is 0 Å². The first-order valence-electron chi connectivity index (χ1n) is 9.38. The molecule has 2 heterocycles. The summed E-state index contributed by atoms with van der Waals surface area (Å²) in [6, 6.07) is -0.126. The van der Waals surface area contributed by atoms with Crippen LogP contribution in [0.2, 0.25) is 10.0 Å². The van der Waals surface area contributed by atoms with E-state index in [0.717, 1.165) is 24.0 Å². The van der Waals surface area contributed by atoms with E-state index in [1.165, 1.54) is 0 Å². The van der Waals surface area contributed by atoms with Gasteiger partial charge in [-0.25, -0.2) is 13.2 Å². The number of amides is 1. The SMILES string of the molecule is C[C@@H]1CC(=O)N1[C@@H](C(=O)O)[C@](C)(c1cc(CC(=O)c2cc(Cl)c(O)c(O)c2Cl)on1)[SH](=O)=O. The fraction of sp³-hybridized carbons (Fsp3) is 0.368. The van der Waals surface area contributed by atoms with Crippen molar-refractivity contribution in [2.24, 2.45) is 0 Å². The van der Waals surface area contributed by atoms with Gasteiger partial charge in [-0.2, -0.15) is 0 Å². The molecule has 0 bridgehead atoms. The van der Waals surface area contributed by atoms with Gasteiger partial charge in [0.15, 0.2) is 34.0 Å². The highest BCUT2D eigenvalue weighted by Gasteiger charge is 2.55. The Labute approximate surface area is 198 Å². The van der Waals surface area contributed by atoms with Crippen LogP contribution >= 0.6 is 23.2 Å². The van der Waals surface area contributed by atoms with Gasteiger partial charge >= 0.3 is 5.97 Å². The van der Waals surface area contributed by atoms with Crippen molar-refractivity contribution in [1.82, 2.24) is 10.1 Å². The van der Waals surface area contributed by atoms with E-state index in [9.17, 15) is 38.1 Å². The number of phenolic OH excluding ortho intramolecular Hbond substituents is 2. The van der Waals surface area contributed by atoms with Crippen molar-refractivity contribution >= 4 is 51.6 Å². The van der Waals surface area contributed by atoms with Crippen LogP contribution in [0.15, 0.2) is 16.7 Å². The Kier molecular flexibility index (Phi) is 6.65. The molecule has 1 aliphatic heterocycles. The lowest BCUT2D eigenvalue weighted by molar-refractivity contribution is -0.163. The molecule has 3 atom stereocenters. The highest BCUT2D eigenvalue weighted by molar-refractivity contribution is 7.73. The van der Waals surface area contributed by atoms with Gasteiger partial charge < -0.3 is 24.7 Å². The van der Waals surface area contributed by atoms with Gasteiger partial charge in [0.2, 0.25) is 5.91 Å². The highest BCUT2D eigenvalue weighted by Crippen LogP contribution is 2.42. The van der Waals surface area contributed by atoms with E-state index in [4.69, 9.17) is 27.7 Å². The molecule has 1 aromatic carbocycles. The van der Waals surface area contributed by atoms with Crippen LogP contribution in [0.4, 0.5) is 0 Å². The van der Waals surface area contributed by atoms with E-state index in [0.29, 0.717) is 0 Å². The molecular formula is C19H18Cl2N2O9S. The third-order valence-electron chi connectivity index (χ3n) is 5.54. The molecule has 11 nitrogen and oxygen atoms in total. The lowest BCUT2D eigenvalue weighted by atomic mass is 9.89. The number of benzene rings is 1. The summed E-state index contributed by atoms with van der Waals surface area (Å²) in [7, 11) is -3.49. The zero-order chi connectivity index (χ0) is 24.8. The van der Waals surface area contributed by atoms with Gasteiger partial charge in [-0.3, -0.25) is 9.59 Å². The number of likely N-dealkylation sites (tertiary alicyclic amines) is 1. The quantitative estimate of drug-likeness (QED) is 0.173. The normalized spacial score (nSPS) is 18.6. The standard InChI is InChI=1S/C19H18Cl2N2O9S/c1-7-3-13(25)23(7)17(18(28)29)19(2,33(30)31)12-5-8(32-22-12)4-11(24)9-6-10(20)15(26)16(27)14(9)21/h5-7,17,26-27,33H,3-4H2,1-2H3,(H,28,29)/t7-,17+,19+/m1/s1. The first-order chi connectivity index (χ1) is 15.3. The van der Waals surface area contributed by atoms with Gasteiger partial charge in [0.25, 0.3) is 0 Å². The number of carboxylic acids is 1. The topological polar surface area (TPSA) is 175 Å². The summed E-state index contributed by atoms with van der Waals surface area (Å²) < 4.78 is 27.4. The van der Waals surface area contributed by atoms with E-state index in [2.05, 4.69) is 5.16 Å². The summed E-state index contributed by atoms with van der Waals surface area (Å²) in [5.41, 5.74) is -0.547. The lowest BCUT2D eigenvalue weighted by Gasteiger charge is -2.46. The average Bonchev–Trinajstić information content (AvgIpc) is 3.20. The molecule has 14 heteroatoms. The number of hydrogen-bond acceptors (Lipinski definition) is 9. The third kappa shape index (κ3) is 4.13. The van der Waals surface area contributed by atoms with Crippen LogP contribution < -0.4 is 0 Å². The average molecular weight is 521 g/mol. The molecule has 0 aliphatic carbocycles. The van der Waals surface area contributed by atoms with Gasteiger partial charge in [0.05, 0.1) is 16.5 Å². The van der Waals surface area contributed by atoms with Gasteiger partial charge in [-0.1, -0.05) is 28.4 Å². The number of carbonyl (C=O) groups is 3. The number of carboxylic acid groups (broad SMARTS) is 1. The van der Waals surface area contributed by atoms with Crippen molar-refractivity contribution in [2.45, 2.75) is 43.5 Å². The van der Waals surface area contributed by atoms with Crippen LogP contribution in [0.1, 0.15) is 42.1 Å². The highest BCUT2D eigenvalue weighted by atomic mass is 35.5. The zero-order valence-corrected chi connectivity index (χ0v) is 19.5. The minimum Gasteiger partial charge on any atom is -0.503 e. The second-order valence-electron chi connectivity index (χ2n) is 7.70. The minimum absolute atomic E-state index is 0.0802. The van der Waals surface area contributed by atoms with E-state index in [1.807, 2.05) is 0 Å². The van der Waals surface area contributed by atoms with Crippen LogP contribution in [0.5, 0.6) is 11.5 Å². The summed E-state index contributed by atoms with van der Waals surface area (Å²) in [5.74, 6) is -4.41. The van der Waals surface area contributed by atoms with Crippen LogP contribution in [0, 0.1) is 0 Å². The molecule has 3 N–H and O–H groups in total. The molecule has 33 heavy (non-hydrogen) atoms. The number of ketones is 1. The zero-order valence-electron chi connectivity index (χ0n) is 17.1. The number of carbonyl (C=O) groups excluding carboxylic acids is 2. The van der Waals surface area contributed by atoms with Crippen molar-refractivity contribution in [3.8, 4) is 11.5 Å². The molecule has 1 fully saturated rings. The van der Waals surface area contributed by atoms with Crippen molar-refractivity contribution < 1.29 is 42.6 Å². The minimum atomic E-state index is -3.49. The molecule has 0 unspecified atom stereocenters. The predicted octanol–water partition coefficient (Wildman–Crippen LogP) is 1.72. The number of aromatic nitrogens is 1. The van der Waals surface area contributed by atoms with Crippen molar-refractivity contribution in [3.05, 3.63) is 39.2 Å². The smallest absolute Gasteiger partial charge is 0.328 e. The summed E-state index contributed by atoms with van der Waals surface area (Å²) in [4.78, 5) is 37.6. The number of rotatable bonds is 8. The Hall–Kier alpha value is -2.83. The molecule has 178 valence electrons. The molecule has 0 radical (unpaired) electrons. The van der Waals surface area contributed by atoms with Gasteiger partial charge in [-0.05, 0) is 19.9 Å². The van der Waals surface area contributed by atoms with E-state index >= 15 is 0 Å². The Morgan fingerprint density at radius 2 is 1.94 bits per heavy atom. The summed E-state index contributed by atoms with van der Waals surface area (Å²) in [5, 5.41) is 32.0. The maximum absolute atomic E-state index is 12.6. The fourth-order valence-corrected chi connectivity index (χ4v) is 4.82. The van der Waals surface area contributed by atoms with Gasteiger partial charge in [0, 0.05) is 24.1 Å². The van der Waals surface area contributed by atoms with E-state index < -0.39 is 68.1 Å². The number of β-lactam (4-membered cyclic amide) rings is 1. The molecule has 0 spiro atoms. The Morgan fingerprint density at radius 3 is 2.45 bits per heavy atom. The Bertz CT molecular complexity index is 1230. The third-order valence-corrected chi connectivity index (χ3v) is 7.44. The first-order valence-corrected chi connectivity index (χ1v) is 11.3. The molecule has 0 saturated carbocycles. The van der Waals surface area contributed by atoms with Gasteiger partial charge in [0.1, 0.15) is 16.2 Å². The monoisotopic (exact) mass is 520 g/mol. The predicted molar refractivity (Wildman–Crippen MR) is 114 cm³/mol. The maximum atomic E-state index is 12.6. The van der Waals surface area contributed by atoms with Crippen LogP contribution in [-0.2, 0) is 31.5 Å². The Balaban J connectivity index is 1.97. The molecule has 1 amide bonds. The number of Topliss-reactive ketones (excluding diaryl/α,β-unsaturated/α-hetero) is 1. The van der Waals surface area contributed by atoms with Crippen molar-refractivity contribution in [2.75, 3.05) is 0 Å². The second-order valence-corrected chi connectivity index (χ2v) is 9.92. The maximum Gasteiger partial charge on any atom is 0.328 e. The fourth-order valence-electron chi connectivity index (χ4n) is 3.65. The van der Waals surface area contributed by atoms with E-state index in [1.54, 1.807) is 6.92 Å². The number of nitrogens with zero attached hydrogens (tertiary/aromatic N) is 2. The lowest BCUT2D eigenvalue weighted by Crippen LogP contribution is -2.65. The number of aliphatic carboxylic acids is 1. The Morgan fingerprint density at radius 1 is 1.30 bits per heavy atom. The summed E-state index contributed by atoms with van der Waals surface area (Å²) in [6.45, 7) is 2.69. The molecule has 3 rings (SSSR count). The molecule has 1 aliphatic rings. The number of aromatic hydroxyl groups is 2. The number of hydrogen-bond donors (Lipinski definition) is 4. The molecule has 2 aromatic rings.